The van der Waals surface area contributed by atoms with Crippen LogP contribution in [0, 0.1) is 5.92 Å². The minimum absolute atomic E-state index is 0.310. The van der Waals surface area contributed by atoms with Gasteiger partial charge in [0.15, 0.2) is 0 Å². The maximum atomic E-state index is 6.23. The molecule has 150 valence electrons. The van der Waals surface area contributed by atoms with Gasteiger partial charge in [-0.2, -0.15) is 0 Å². The van der Waals surface area contributed by atoms with Crippen molar-refractivity contribution in [1.82, 2.24) is 14.9 Å². The lowest BCUT2D eigenvalue weighted by molar-refractivity contribution is 0.164. The fourth-order valence-corrected chi connectivity index (χ4v) is 4.76. The number of aromatic nitrogens is 2. The highest BCUT2D eigenvalue weighted by atomic mass is 16.5. The summed E-state index contributed by atoms with van der Waals surface area (Å²) in [4.78, 5) is 14.0. The number of rotatable bonds is 5. The van der Waals surface area contributed by atoms with Crippen molar-refractivity contribution in [3.8, 4) is 5.88 Å². The van der Waals surface area contributed by atoms with Gasteiger partial charge in [-0.05, 0) is 56.2 Å². The van der Waals surface area contributed by atoms with Gasteiger partial charge >= 0.3 is 0 Å². The van der Waals surface area contributed by atoms with Crippen molar-refractivity contribution in [1.29, 1.82) is 0 Å². The number of hydrogen-bond acceptors (Lipinski definition) is 6. The molecular formula is C22H30N4O2. The molecule has 5 rings (SSSR count). The maximum Gasteiger partial charge on any atom is 0.224 e. The highest BCUT2D eigenvalue weighted by Crippen LogP contribution is 2.30. The Labute approximate surface area is 166 Å². The number of ether oxygens (including phenoxy) is 2. The van der Waals surface area contributed by atoms with Crippen LogP contribution >= 0.6 is 0 Å². The van der Waals surface area contributed by atoms with Gasteiger partial charge < -0.3 is 14.4 Å². The fraction of sp³-hybridized carbons (Fsp3) is 0.636. The zero-order chi connectivity index (χ0) is 18.8. The molecule has 0 bridgehead atoms. The van der Waals surface area contributed by atoms with Crippen LogP contribution in [0.15, 0.2) is 24.5 Å². The Morgan fingerprint density at radius 2 is 1.89 bits per heavy atom. The average molecular weight is 383 g/mol. The van der Waals surface area contributed by atoms with Crippen molar-refractivity contribution in [2.24, 2.45) is 5.92 Å². The highest BCUT2D eigenvalue weighted by molar-refractivity contribution is 5.86. The zero-order valence-corrected chi connectivity index (χ0v) is 16.6. The lowest BCUT2D eigenvalue weighted by atomic mass is 10.1. The van der Waals surface area contributed by atoms with E-state index in [1.54, 1.807) is 6.33 Å². The first kappa shape index (κ1) is 18.1. The van der Waals surface area contributed by atoms with Crippen LogP contribution < -0.4 is 9.64 Å². The molecule has 1 saturated carbocycles. The molecule has 1 aromatic carbocycles. The van der Waals surface area contributed by atoms with E-state index in [-0.39, 0.29) is 0 Å². The summed E-state index contributed by atoms with van der Waals surface area (Å²) in [5, 5.41) is 1.04. The molecule has 0 spiro atoms. The number of nitrogens with zero attached hydrogens (tertiary/aromatic N) is 4. The van der Waals surface area contributed by atoms with Gasteiger partial charge in [-0.15, -0.1) is 0 Å². The van der Waals surface area contributed by atoms with Crippen molar-refractivity contribution < 1.29 is 9.47 Å². The second-order valence-corrected chi connectivity index (χ2v) is 8.42. The summed E-state index contributed by atoms with van der Waals surface area (Å²) in [5.41, 5.74) is 2.22. The Bertz CT molecular complexity index is 794. The van der Waals surface area contributed by atoms with Gasteiger partial charge in [0.1, 0.15) is 12.4 Å². The zero-order valence-electron chi connectivity index (χ0n) is 16.6. The molecule has 2 saturated heterocycles. The number of anilines is 1. The van der Waals surface area contributed by atoms with Gasteiger partial charge in [0.2, 0.25) is 5.88 Å². The molecule has 0 radical (unpaired) electrons. The third-order valence-corrected chi connectivity index (χ3v) is 6.44. The Kier molecular flexibility index (Phi) is 5.32. The summed E-state index contributed by atoms with van der Waals surface area (Å²) in [6.45, 7) is 7.41. The van der Waals surface area contributed by atoms with E-state index in [1.807, 2.05) is 0 Å². The van der Waals surface area contributed by atoms with Crippen LogP contribution in [0.25, 0.3) is 10.9 Å². The van der Waals surface area contributed by atoms with Crippen LogP contribution in [0.1, 0.15) is 32.1 Å². The SMILES string of the molecule is c1nc(OC2CCCC2)c2cc(N3CCN(CC4CCOC4)CC3)ccc2n1. The van der Waals surface area contributed by atoms with Gasteiger partial charge in [0, 0.05) is 45.0 Å². The van der Waals surface area contributed by atoms with E-state index in [1.165, 1.54) is 31.5 Å². The molecular weight excluding hydrogens is 352 g/mol. The topological polar surface area (TPSA) is 50.7 Å². The van der Waals surface area contributed by atoms with E-state index in [0.717, 1.165) is 74.9 Å². The number of fused-ring (bicyclic) bond motifs is 1. The first-order valence-corrected chi connectivity index (χ1v) is 10.8. The van der Waals surface area contributed by atoms with E-state index in [4.69, 9.17) is 9.47 Å². The summed E-state index contributed by atoms with van der Waals surface area (Å²) in [6.07, 6.45) is 7.95. The van der Waals surface area contributed by atoms with Gasteiger partial charge in [-0.3, -0.25) is 4.90 Å². The van der Waals surface area contributed by atoms with Crippen molar-refractivity contribution in [3.63, 3.8) is 0 Å². The van der Waals surface area contributed by atoms with Crippen molar-refractivity contribution >= 4 is 16.6 Å². The van der Waals surface area contributed by atoms with Crippen LogP contribution in [0.3, 0.4) is 0 Å². The molecule has 6 heteroatoms. The molecule has 2 aliphatic heterocycles. The Balaban J connectivity index is 1.28. The molecule has 28 heavy (non-hydrogen) atoms. The number of hydrogen-bond donors (Lipinski definition) is 0. The minimum Gasteiger partial charge on any atom is -0.474 e. The molecule has 3 heterocycles. The minimum atomic E-state index is 0.310. The Morgan fingerprint density at radius 3 is 2.68 bits per heavy atom. The molecule has 1 atom stereocenters. The van der Waals surface area contributed by atoms with Crippen molar-refractivity contribution in [2.45, 2.75) is 38.2 Å². The van der Waals surface area contributed by atoms with E-state index in [9.17, 15) is 0 Å². The quantitative estimate of drug-likeness (QED) is 0.792. The lowest BCUT2D eigenvalue weighted by Gasteiger charge is -2.37. The summed E-state index contributed by atoms with van der Waals surface area (Å²) in [5.74, 6) is 1.47. The normalized spacial score (nSPS) is 24.3. The summed E-state index contributed by atoms with van der Waals surface area (Å²) in [7, 11) is 0. The predicted molar refractivity (Wildman–Crippen MR) is 110 cm³/mol. The Hall–Kier alpha value is -1.92. The van der Waals surface area contributed by atoms with Crippen LogP contribution in [0.5, 0.6) is 5.88 Å². The van der Waals surface area contributed by atoms with Gasteiger partial charge in [-0.1, -0.05) is 0 Å². The summed E-state index contributed by atoms with van der Waals surface area (Å²) in [6, 6.07) is 6.52. The van der Waals surface area contributed by atoms with Gasteiger partial charge in [-0.25, -0.2) is 9.97 Å². The van der Waals surface area contributed by atoms with Crippen LogP contribution in [-0.4, -0.2) is 66.9 Å². The first-order chi connectivity index (χ1) is 13.8. The van der Waals surface area contributed by atoms with Crippen molar-refractivity contribution in [2.75, 3.05) is 50.8 Å². The fourth-order valence-electron chi connectivity index (χ4n) is 4.76. The molecule has 0 amide bonds. The third-order valence-electron chi connectivity index (χ3n) is 6.44. The van der Waals surface area contributed by atoms with Gasteiger partial charge in [0.25, 0.3) is 0 Å². The van der Waals surface area contributed by atoms with E-state index >= 15 is 0 Å². The average Bonchev–Trinajstić information content (AvgIpc) is 3.43. The third kappa shape index (κ3) is 3.94. The molecule has 1 unspecified atom stereocenters. The van der Waals surface area contributed by atoms with E-state index < -0.39 is 0 Å². The summed E-state index contributed by atoms with van der Waals surface area (Å²) >= 11 is 0. The molecule has 1 aliphatic carbocycles. The van der Waals surface area contributed by atoms with Gasteiger partial charge in [0.05, 0.1) is 17.5 Å². The predicted octanol–water partition coefficient (Wildman–Crippen LogP) is 3.11. The van der Waals surface area contributed by atoms with Crippen LogP contribution in [0.4, 0.5) is 5.69 Å². The molecule has 6 nitrogen and oxygen atoms in total. The molecule has 3 fully saturated rings. The second-order valence-electron chi connectivity index (χ2n) is 8.42. The summed E-state index contributed by atoms with van der Waals surface area (Å²) < 4.78 is 11.8. The molecule has 0 N–H and O–H groups in total. The van der Waals surface area contributed by atoms with Crippen LogP contribution in [-0.2, 0) is 4.74 Å². The maximum absolute atomic E-state index is 6.23. The van der Waals surface area contributed by atoms with E-state index in [0.29, 0.717) is 6.10 Å². The van der Waals surface area contributed by atoms with Crippen LogP contribution in [0.2, 0.25) is 0 Å². The van der Waals surface area contributed by atoms with E-state index in [2.05, 4.69) is 38.0 Å². The van der Waals surface area contributed by atoms with Crippen molar-refractivity contribution in [3.05, 3.63) is 24.5 Å². The lowest BCUT2D eigenvalue weighted by Crippen LogP contribution is -2.47. The largest absolute Gasteiger partial charge is 0.474 e. The number of benzene rings is 1. The molecule has 3 aliphatic rings. The molecule has 1 aromatic heterocycles. The smallest absolute Gasteiger partial charge is 0.224 e. The first-order valence-electron chi connectivity index (χ1n) is 10.8. The number of piperazine rings is 1. The monoisotopic (exact) mass is 382 g/mol. The Morgan fingerprint density at radius 1 is 1.04 bits per heavy atom. The molecule has 2 aromatic rings. The standard InChI is InChI=1S/C22H30N4O2/c1-2-4-19(3-1)28-22-20-13-18(5-6-21(20)23-16-24-22)26-10-8-25(9-11-26)14-17-7-12-27-15-17/h5-6,13,16-17,19H,1-4,7-12,14-15H2. The highest BCUT2D eigenvalue weighted by Gasteiger charge is 2.23. The second kappa shape index (κ2) is 8.21.